The minimum atomic E-state index is 0.0625. The molecule has 1 aliphatic carbocycles. The number of piperidine rings is 1. The number of methoxy groups -OCH3 is 1. The van der Waals surface area contributed by atoms with Crippen molar-refractivity contribution >= 4 is 12.3 Å². The van der Waals surface area contributed by atoms with Gasteiger partial charge in [-0.05, 0) is 86.2 Å². The summed E-state index contributed by atoms with van der Waals surface area (Å²) < 4.78 is 5.24. The maximum absolute atomic E-state index is 12.9. The molecule has 6 nitrogen and oxygen atoms in total. The number of nitrogens with one attached hydrogen (secondary N) is 1. The topological polar surface area (TPSA) is 61.9 Å². The number of likely N-dealkylation sites (tertiary alicyclic amines) is 1. The molecule has 39 heavy (non-hydrogen) atoms. The van der Waals surface area contributed by atoms with E-state index in [2.05, 4.69) is 41.4 Å². The van der Waals surface area contributed by atoms with Crippen LogP contribution in [0, 0.1) is 11.3 Å². The van der Waals surface area contributed by atoms with Crippen LogP contribution in [0.15, 0.2) is 54.6 Å². The molecule has 0 spiro atoms. The predicted molar refractivity (Wildman–Crippen MR) is 156 cm³/mol. The van der Waals surface area contributed by atoms with Crippen molar-refractivity contribution in [3.63, 3.8) is 0 Å². The van der Waals surface area contributed by atoms with E-state index in [1.54, 1.807) is 7.11 Å². The first-order chi connectivity index (χ1) is 19.0. The third-order valence-electron chi connectivity index (χ3n) is 8.98. The zero-order chi connectivity index (χ0) is 27.5. The number of ether oxygens (including phenoxy) is 1. The smallest absolute Gasteiger partial charge is 0.220 e. The molecule has 0 aromatic heterocycles. The second kappa shape index (κ2) is 14.5. The van der Waals surface area contributed by atoms with Gasteiger partial charge in [0.15, 0.2) is 0 Å². The molecule has 2 aliphatic rings. The Balaban J connectivity index is 1.23. The van der Waals surface area contributed by atoms with Gasteiger partial charge in [-0.3, -0.25) is 9.59 Å². The molecule has 0 radical (unpaired) electrons. The number of carbonyl (C=O) groups is 2. The first kappa shape index (κ1) is 29.1. The van der Waals surface area contributed by atoms with Crippen molar-refractivity contribution in [2.75, 3.05) is 33.3 Å². The van der Waals surface area contributed by atoms with Gasteiger partial charge in [-0.2, -0.15) is 0 Å². The number of carbonyl (C=O) groups excluding carboxylic acids is 2. The van der Waals surface area contributed by atoms with Crippen molar-refractivity contribution < 1.29 is 14.3 Å². The van der Waals surface area contributed by atoms with E-state index in [-0.39, 0.29) is 17.4 Å². The zero-order valence-electron chi connectivity index (χ0n) is 23.9. The molecule has 0 bridgehead atoms. The highest BCUT2D eigenvalue weighted by molar-refractivity contribution is 5.76. The summed E-state index contributed by atoms with van der Waals surface area (Å²) in [5.41, 5.74) is 2.56. The van der Waals surface area contributed by atoms with Crippen molar-refractivity contribution in [1.29, 1.82) is 0 Å². The largest absolute Gasteiger partial charge is 0.497 e. The Hall–Kier alpha value is -2.86. The lowest BCUT2D eigenvalue weighted by Gasteiger charge is -2.40. The van der Waals surface area contributed by atoms with Gasteiger partial charge >= 0.3 is 0 Å². The third-order valence-corrected chi connectivity index (χ3v) is 8.98. The Labute approximate surface area is 235 Å². The summed E-state index contributed by atoms with van der Waals surface area (Å²) in [7, 11) is 1.66. The van der Waals surface area contributed by atoms with Crippen LogP contribution in [0.1, 0.15) is 81.9 Å². The molecule has 1 saturated carbocycles. The van der Waals surface area contributed by atoms with Crippen LogP contribution in [-0.2, 0) is 16.1 Å². The molecule has 4 rings (SSSR count). The highest BCUT2D eigenvalue weighted by Crippen LogP contribution is 2.35. The molecule has 212 valence electrons. The van der Waals surface area contributed by atoms with Crippen LogP contribution < -0.4 is 10.1 Å². The molecule has 1 aliphatic heterocycles. The summed E-state index contributed by atoms with van der Waals surface area (Å²) in [6, 6.07) is 18.4. The van der Waals surface area contributed by atoms with Crippen molar-refractivity contribution in [3.8, 4) is 5.75 Å². The first-order valence-electron chi connectivity index (χ1n) is 14.9. The van der Waals surface area contributed by atoms with E-state index in [4.69, 9.17) is 4.74 Å². The molecular formula is C33H47N3O3. The van der Waals surface area contributed by atoms with Crippen LogP contribution in [-0.4, -0.2) is 55.4 Å². The quantitative estimate of drug-likeness (QED) is 0.304. The lowest BCUT2D eigenvalue weighted by Crippen LogP contribution is -2.41. The fourth-order valence-electron chi connectivity index (χ4n) is 6.16. The second-order valence-electron chi connectivity index (χ2n) is 12.0. The molecule has 1 atom stereocenters. The molecule has 2 aromatic rings. The van der Waals surface area contributed by atoms with Gasteiger partial charge in [0.1, 0.15) is 5.75 Å². The lowest BCUT2D eigenvalue weighted by atomic mass is 9.77. The van der Waals surface area contributed by atoms with E-state index in [0.29, 0.717) is 18.9 Å². The Bertz CT molecular complexity index is 1010. The first-order valence-corrected chi connectivity index (χ1v) is 14.9. The zero-order valence-corrected chi connectivity index (χ0v) is 23.9. The maximum atomic E-state index is 12.9. The number of nitrogens with zero attached hydrogens (tertiary/aromatic N) is 2. The van der Waals surface area contributed by atoms with E-state index < -0.39 is 0 Å². The molecule has 1 heterocycles. The van der Waals surface area contributed by atoms with Crippen molar-refractivity contribution in [2.45, 2.75) is 77.3 Å². The Morgan fingerprint density at radius 3 is 2.44 bits per heavy atom. The minimum Gasteiger partial charge on any atom is -0.497 e. The van der Waals surface area contributed by atoms with Crippen molar-refractivity contribution in [3.05, 3.63) is 65.7 Å². The molecule has 6 heteroatoms. The monoisotopic (exact) mass is 533 g/mol. The standard InChI is InChI=1S/C33H47N3O3/c1-33(19-23-36(26-37)25-28-12-14-30(39-2)15-13-28)17-21-35(22-18-33)20-16-31(29-10-4-3-5-11-29)34-32(38)24-27-8-6-7-9-27/h3-5,10-15,26-27,31H,6-9,16-25H2,1-2H3,(H,34,38). The Morgan fingerprint density at radius 2 is 1.79 bits per heavy atom. The fraction of sp³-hybridized carbons (Fsp3) is 0.576. The van der Waals surface area contributed by atoms with Crippen LogP contribution in [0.4, 0.5) is 0 Å². The van der Waals surface area contributed by atoms with E-state index in [9.17, 15) is 9.59 Å². The summed E-state index contributed by atoms with van der Waals surface area (Å²) in [5, 5.41) is 3.37. The second-order valence-corrected chi connectivity index (χ2v) is 12.0. The number of rotatable bonds is 14. The molecule has 2 amide bonds. The van der Waals surface area contributed by atoms with E-state index in [1.807, 2.05) is 35.2 Å². The van der Waals surface area contributed by atoms with Crippen LogP contribution in [0.5, 0.6) is 5.75 Å². The summed E-state index contributed by atoms with van der Waals surface area (Å²) in [6.45, 7) is 6.88. The number of hydrogen-bond donors (Lipinski definition) is 1. The predicted octanol–water partition coefficient (Wildman–Crippen LogP) is 5.97. The molecule has 1 N–H and O–H groups in total. The highest BCUT2D eigenvalue weighted by atomic mass is 16.5. The third kappa shape index (κ3) is 9.10. The molecule has 2 fully saturated rings. The molecule has 2 aromatic carbocycles. The molecular weight excluding hydrogens is 486 g/mol. The number of hydrogen-bond acceptors (Lipinski definition) is 4. The minimum absolute atomic E-state index is 0.0625. The lowest BCUT2D eigenvalue weighted by molar-refractivity contribution is -0.123. The van der Waals surface area contributed by atoms with Crippen LogP contribution in [0.25, 0.3) is 0 Å². The summed E-state index contributed by atoms with van der Waals surface area (Å²) in [6.07, 6.45) is 10.8. The number of benzene rings is 2. The Kier molecular flexibility index (Phi) is 10.8. The van der Waals surface area contributed by atoms with Gasteiger partial charge in [0, 0.05) is 26.1 Å². The van der Waals surface area contributed by atoms with Crippen LogP contribution in [0.3, 0.4) is 0 Å². The van der Waals surface area contributed by atoms with Gasteiger partial charge in [0.05, 0.1) is 13.2 Å². The summed E-state index contributed by atoms with van der Waals surface area (Å²) in [5.74, 6) is 1.60. The molecule has 1 unspecified atom stereocenters. The van der Waals surface area contributed by atoms with Crippen molar-refractivity contribution in [2.24, 2.45) is 11.3 Å². The SMILES string of the molecule is COc1ccc(CN(C=O)CCC2(C)CCN(CCC(NC(=O)CC3CCCC3)c3ccccc3)CC2)cc1. The van der Waals surface area contributed by atoms with E-state index >= 15 is 0 Å². The van der Waals surface area contributed by atoms with Crippen LogP contribution >= 0.6 is 0 Å². The summed E-state index contributed by atoms with van der Waals surface area (Å²) >= 11 is 0. The van der Waals surface area contributed by atoms with Gasteiger partial charge in [-0.15, -0.1) is 0 Å². The van der Waals surface area contributed by atoms with E-state index in [0.717, 1.165) is 69.6 Å². The highest BCUT2D eigenvalue weighted by Gasteiger charge is 2.31. The number of amides is 2. The average Bonchev–Trinajstić information content (AvgIpc) is 3.48. The summed E-state index contributed by atoms with van der Waals surface area (Å²) in [4.78, 5) is 29.1. The van der Waals surface area contributed by atoms with Gasteiger partial charge < -0.3 is 19.9 Å². The fourth-order valence-corrected chi connectivity index (χ4v) is 6.16. The van der Waals surface area contributed by atoms with Gasteiger partial charge in [0.2, 0.25) is 12.3 Å². The van der Waals surface area contributed by atoms with Gasteiger partial charge in [0.25, 0.3) is 0 Å². The maximum Gasteiger partial charge on any atom is 0.220 e. The van der Waals surface area contributed by atoms with Gasteiger partial charge in [-0.25, -0.2) is 0 Å². The van der Waals surface area contributed by atoms with Crippen molar-refractivity contribution in [1.82, 2.24) is 15.1 Å². The average molecular weight is 534 g/mol. The Morgan fingerprint density at radius 1 is 1.10 bits per heavy atom. The van der Waals surface area contributed by atoms with Gasteiger partial charge in [-0.1, -0.05) is 62.2 Å². The normalized spacial score (nSPS) is 18.4. The molecule has 1 saturated heterocycles. The van der Waals surface area contributed by atoms with Crippen LogP contribution in [0.2, 0.25) is 0 Å². The van der Waals surface area contributed by atoms with E-state index in [1.165, 1.54) is 31.2 Å².